The van der Waals surface area contributed by atoms with Crippen molar-refractivity contribution in [1.29, 1.82) is 0 Å². The van der Waals surface area contributed by atoms with Gasteiger partial charge in [-0.25, -0.2) is 4.79 Å². The number of hydrazine groups is 1. The van der Waals surface area contributed by atoms with E-state index in [2.05, 4.69) is 26.6 Å². The third-order valence-corrected chi connectivity index (χ3v) is 1.30. The number of nitrogens with two attached hydrogens (primary N) is 4. The van der Waals surface area contributed by atoms with Gasteiger partial charge < -0.3 is 16.2 Å². The highest BCUT2D eigenvalue weighted by molar-refractivity contribution is 5.98. The first-order valence-corrected chi connectivity index (χ1v) is 3.76. The molecule has 0 aliphatic rings. The van der Waals surface area contributed by atoms with Gasteiger partial charge in [0.05, 0.1) is 6.61 Å². The van der Waals surface area contributed by atoms with Crippen LogP contribution in [0.4, 0.5) is 11.6 Å². The Labute approximate surface area is 80.5 Å². The average molecular weight is 202 g/mol. The predicted octanol–water partition coefficient (Wildman–Crippen LogP) is -1.43. The molecule has 0 aliphatic heterocycles. The van der Waals surface area contributed by atoms with Crippen molar-refractivity contribution < 1.29 is 9.53 Å². The molecule has 0 saturated carbocycles. The third kappa shape index (κ3) is 2.61. The monoisotopic (exact) mass is 202 g/mol. The molecule has 8 nitrogen and oxygen atoms in total. The second-order valence-electron chi connectivity index (χ2n) is 2.12. The minimum absolute atomic E-state index is 0.0611. The van der Waals surface area contributed by atoms with E-state index in [0.717, 1.165) is 0 Å². The second kappa shape index (κ2) is 5.78. The minimum atomic E-state index is -0.554. The fourth-order valence-corrected chi connectivity index (χ4v) is 0.788. The van der Waals surface area contributed by atoms with E-state index in [1.807, 2.05) is 0 Å². The highest BCUT2D eigenvalue weighted by atomic mass is 16.5. The lowest BCUT2D eigenvalue weighted by atomic mass is 10.3. The van der Waals surface area contributed by atoms with Gasteiger partial charge in [-0.15, -0.1) is 0 Å². The Morgan fingerprint density at radius 1 is 1.50 bits per heavy atom. The Morgan fingerprint density at radius 2 is 2.07 bits per heavy atom. The zero-order valence-corrected chi connectivity index (χ0v) is 7.78. The topological polar surface area (TPSA) is 159 Å². The lowest BCUT2D eigenvalue weighted by Crippen LogP contribution is -2.08. The van der Waals surface area contributed by atoms with Gasteiger partial charge in [0.25, 0.3) is 0 Å². The molecule has 0 unspecified atom stereocenters. The Hall–Kier alpha value is -1.80. The van der Waals surface area contributed by atoms with E-state index in [0.29, 0.717) is 0 Å². The summed E-state index contributed by atoms with van der Waals surface area (Å²) in [6.07, 6.45) is 0. The number of H-pyrrole nitrogens is 1. The first kappa shape index (κ1) is 12.2. The predicted molar refractivity (Wildman–Crippen MR) is 51.7 cm³/mol. The van der Waals surface area contributed by atoms with Crippen LogP contribution in [0, 0.1) is 0 Å². The number of rotatable bonds is 2. The van der Waals surface area contributed by atoms with Gasteiger partial charge in [-0.1, -0.05) is 0 Å². The second-order valence-corrected chi connectivity index (χ2v) is 2.12. The van der Waals surface area contributed by atoms with Gasteiger partial charge in [-0.3, -0.25) is 16.8 Å². The van der Waals surface area contributed by atoms with Crippen molar-refractivity contribution in [2.75, 3.05) is 18.1 Å². The van der Waals surface area contributed by atoms with Crippen LogP contribution >= 0.6 is 0 Å². The molecule has 0 amide bonds. The Kier molecular flexibility index (Phi) is 5.04. The molecule has 1 heterocycles. The van der Waals surface area contributed by atoms with Crippen molar-refractivity contribution >= 4 is 17.6 Å². The maximum atomic E-state index is 11.1. The van der Waals surface area contributed by atoms with Crippen molar-refractivity contribution in [3.8, 4) is 0 Å². The summed E-state index contributed by atoms with van der Waals surface area (Å²) in [7, 11) is 0. The van der Waals surface area contributed by atoms with Crippen molar-refractivity contribution in [2.45, 2.75) is 6.92 Å². The van der Waals surface area contributed by atoms with Gasteiger partial charge in [0.2, 0.25) is 0 Å². The number of aromatic nitrogens is 2. The van der Waals surface area contributed by atoms with Crippen LogP contribution in [0.1, 0.15) is 17.3 Å². The molecule has 8 heteroatoms. The van der Waals surface area contributed by atoms with E-state index >= 15 is 0 Å². The fourth-order valence-electron chi connectivity index (χ4n) is 0.788. The highest BCUT2D eigenvalue weighted by Gasteiger charge is 2.17. The van der Waals surface area contributed by atoms with E-state index in [9.17, 15) is 4.79 Å². The lowest BCUT2D eigenvalue weighted by molar-refractivity contribution is 0.0529. The number of nitrogens with zero attached hydrogens (tertiary/aromatic N) is 1. The normalized spacial score (nSPS) is 8.79. The quantitative estimate of drug-likeness (QED) is 0.223. The highest BCUT2D eigenvalue weighted by Crippen LogP contribution is 2.15. The molecular formula is C6H14N6O2. The Bertz CT molecular complexity index is 277. The molecule has 0 atom stereocenters. The van der Waals surface area contributed by atoms with E-state index in [4.69, 9.17) is 11.5 Å². The standard InChI is InChI=1S/C6H10N4O2.H4N2/c1-2-12-6(11)3-4(7)9-10-5(3)8;1-2/h2H2,1H3,(H5,7,8,9,10);1-2H2. The summed E-state index contributed by atoms with van der Waals surface area (Å²) in [4.78, 5) is 11.1. The van der Waals surface area contributed by atoms with Crippen LogP contribution in [0.5, 0.6) is 0 Å². The van der Waals surface area contributed by atoms with Gasteiger partial charge in [0.15, 0.2) is 5.82 Å². The van der Waals surface area contributed by atoms with Gasteiger partial charge in [0.1, 0.15) is 11.4 Å². The number of carbonyl (C=O) groups is 1. The molecule has 0 aromatic carbocycles. The number of esters is 1. The number of carbonyl (C=O) groups excluding carboxylic acids is 1. The van der Waals surface area contributed by atoms with Crippen LogP contribution in [0.15, 0.2) is 0 Å². The molecule has 0 bridgehead atoms. The molecule has 9 N–H and O–H groups in total. The van der Waals surface area contributed by atoms with Crippen LogP contribution < -0.4 is 23.2 Å². The molecule has 0 spiro atoms. The van der Waals surface area contributed by atoms with Crippen LogP contribution in [0.3, 0.4) is 0 Å². The van der Waals surface area contributed by atoms with E-state index in [1.165, 1.54) is 0 Å². The van der Waals surface area contributed by atoms with E-state index in [-0.39, 0.29) is 23.8 Å². The number of nitrogens with one attached hydrogen (secondary N) is 1. The van der Waals surface area contributed by atoms with Gasteiger partial charge in [-0.2, -0.15) is 5.10 Å². The van der Waals surface area contributed by atoms with Crippen molar-refractivity contribution in [3.63, 3.8) is 0 Å². The molecule has 1 aromatic rings. The van der Waals surface area contributed by atoms with Crippen LogP contribution in [-0.4, -0.2) is 22.8 Å². The summed E-state index contributed by atoms with van der Waals surface area (Å²) >= 11 is 0. The van der Waals surface area contributed by atoms with Crippen LogP contribution in [0.25, 0.3) is 0 Å². The molecule has 1 aromatic heterocycles. The molecular weight excluding hydrogens is 188 g/mol. The molecule has 14 heavy (non-hydrogen) atoms. The number of nitrogen functional groups attached to an aromatic ring is 2. The maximum absolute atomic E-state index is 11.1. The van der Waals surface area contributed by atoms with E-state index in [1.54, 1.807) is 6.92 Å². The Morgan fingerprint density at radius 3 is 2.43 bits per heavy atom. The van der Waals surface area contributed by atoms with Crippen molar-refractivity contribution in [1.82, 2.24) is 10.2 Å². The zero-order chi connectivity index (χ0) is 11.1. The number of hydrogen-bond donors (Lipinski definition) is 5. The number of anilines is 2. The summed E-state index contributed by atoms with van der Waals surface area (Å²) < 4.78 is 4.69. The largest absolute Gasteiger partial charge is 0.462 e. The smallest absolute Gasteiger partial charge is 0.345 e. The van der Waals surface area contributed by atoms with Crippen molar-refractivity contribution in [3.05, 3.63) is 5.56 Å². The summed E-state index contributed by atoms with van der Waals surface area (Å²) in [5.74, 6) is 7.64. The van der Waals surface area contributed by atoms with E-state index < -0.39 is 5.97 Å². The van der Waals surface area contributed by atoms with Gasteiger partial charge >= 0.3 is 5.97 Å². The van der Waals surface area contributed by atoms with Gasteiger partial charge in [-0.05, 0) is 6.92 Å². The number of ether oxygens (including phenoxy) is 1. The molecule has 80 valence electrons. The zero-order valence-electron chi connectivity index (χ0n) is 7.78. The summed E-state index contributed by atoms with van der Waals surface area (Å²) in [6.45, 7) is 1.98. The molecule has 0 radical (unpaired) electrons. The first-order valence-electron chi connectivity index (χ1n) is 3.76. The number of aromatic amines is 1. The molecule has 1 rings (SSSR count). The maximum Gasteiger partial charge on any atom is 0.345 e. The van der Waals surface area contributed by atoms with Gasteiger partial charge in [0, 0.05) is 0 Å². The summed E-state index contributed by atoms with van der Waals surface area (Å²) in [5.41, 5.74) is 10.8. The minimum Gasteiger partial charge on any atom is -0.462 e. The lowest BCUT2D eigenvalue weighted by Gasteiger charge is -1.99. The van der Waals surface area contributed by atoms with Crippen LogP contribution in [0.2, 0.25) is 0 Å². The third-order valence-electron chi connectivity index (χ3n) is 1.30. The van der Waals surface area contributed by atoms with Crippen LogP contribution in [-0.2, 0) is 4.74 Å². The molecule has 0 aliphatic carbocycles. The van der Waals surface area contributed by atoms with Crippen molar-refractivity contribution in [2.24, 2.45) is 11.7 Å². The number of hydrogen-bond acceptors (Lipinski definition) is 7. The molecule has 0 saturated heterocycles. The SMILES string of the molecule is CCOC(=O)c1c(N)n[nH]c1N.NN. The average Bonchev–Trinajstić information content (AvgIpc) is 2.50. The summed E-state index contributed by atoms with van der Waals surface area (Å²) in [6, 6.07) is 0. The Balaban J connectivity index is 0.000000791. The molecule has 0 fully saturated rings. The first-order chi connectivity index (χ1) is 6.66. The fraction of sp³-hybridized carbons (Fsp3) is 0.333. The summed E-state index contributed by atoms with van der Waals surface area (Å²) in [5, 5.41) is 5.92.